The zero-order chi connectivity index (χ0) is 13.4. The summed E-state index contributed by atoms with van der Waals surface area (Å²) in [5.41, 5.74) is 0.837. The van der Waals surface area contributed by atoms with Gasteiger partial charge in [-0.1, -0.05) is 29.4 Å². The van der Waals surface area contributed by atoms with E-state index in [9.17, 15) is 9.90 Å². The number of benzene rings is 1. The van der Waals surface area contributed by atoms with Gasteiger partial charge >= 0.3 is 5.97 Å². The summed E-state index contributed by atoms with van der Waals surface area (Å²) < 4.78 is 4.58. The van der Waals surface area contributed by atoms with Gasteiger partial charge in [-0.15, -0.1) is 0 Å². The van der Waals surface area contributed by atoms with Crippen molar-refractivity contribution in [2.24, 2.45) is 5.16 Å². The molecule has 1 aromatic carbocycles. The highest BCUT2D eigenvalue weighted by Gasteiger charge is 2.18. The van der Waals surface area contributed by atoms with Gasteiger partial charge in [0.1, 0.15) is 6.07 Å². The Labute approximate surface area is 104 Å². The number of rotatable bonds is 5. The molecule has 6 heteroatoms. The first-order valence-electron chi connectivity index (χ1n) is 5.09. The number of methoxy groups -OCH3 is 1. The Kier molecular flexibility index (Phi) is 5.35. The molecule has 0 amide bonds. The van der Waals surface area contributed by atoms with Crippen LogP contribution in [0.3, 0.4) is 0 Å². The van der Waals surface area contributed by atoms with Crippen LogP contribution >= 0.6 is 0 Å². The number of carbonyl (C=O) groups excluding carboxylic acids is 1. The minimum absolute atomic E-state index is 0.0857. The Bertz CT molecular complexity index is 491. The van der Waals surface area contributed by atoms with Gasteiger partial charge in [0.05, 0.1) is 13.7 Å². The fourth-order valence-corrected chi connectivity index (χ4v) is 1.31. The number of aliphatic hydroxyl groups excluding tert-OH is 1. The van der Waals surface area contributed by atoms with Crippen molar-refractivity contribution in [2.75, 3.05) is 13.7 Å². The SMILES string of the molecule is COC(=O)/C(=N/OCC#N)c1ccccc1CO. The van der Waals surface area contributed by atoms with Crippen molar-refractivity contribution < 1.29 is 19.5 Å². The third kappa shape index (κ3) is 3.30. The fraction of sp³-hybridized carbons (Fsp3) is 0.250. The van der Waals surface area contributed by atoms with E-state index in [1.807, 2.05) is 0 Å². The first-order chi connectivity index (χ1) is 8.74. The molecule has 0 fully saturated rings. The van der Waals surface area contributed by atoms with E-state index in [1.54, 1.807) is 30.3 Å². The summed E-state index contributed by atoms with van der Waals surface area (Å²) in [7, 11) is 1.21. The summed E-state index contributed by atoms with van der Waals surface area (Å²) in [6, 6.07) is 8.40. The molecule has 0 saturated carbocycles. The van der Waals surface area contributed by atoms with E-state index in [1.165, 1.54) is 7.11 Å². The Hall–Kier alpha value is -2.39. The highest BCUT2D eigenvalue weighted by Crippen LogP contribution is 2.11. The van der Waals surface area contributed by atoms with Crippen LogP contribution in [0.5, 0.6) is 0 Å². The largest absolute Gasteiger partial charge is 0.464 e. The first-order valence-corrected chi connectivity index (χ1v) is 5.09. The lowest BCUT2D eigenvalue weighted by Crippen LogP contribution is -2.19. The lowest BCUT2D eigenvalue weighted by atomic mass is 10.0. The molecule has 0 aromatic heterocycles. The number of aliphatic hydroxyl groups is 1. The molecule has 6 nitrogen and oxygen atoms in total. The van der Waals surface area contributed by atoms with Crippen molar-refractivity contribution >= 4 is 11.7 Å². The van der Waals surface area contributed by atoms with Crippen molar-refractivity contribution in [1.82, 2.24) is 0 Å². The molecule has 1 rings (SSSR count). The predicted molar refractivity (Wildman–Crippen MR) is 62.5 cm³/mol. The Morgan fingerprint density at radius 2 is 2.22 bits per heavy atom. The second-order valence-corrected chi connectivity index (χ2v) is 3.18. The number of esters is 1. The maximum Gasteiger partial charge on any atom is 0.360 e. The van der Waals surface area contributed by atoms with E-state index in [-0.39, 0.29) is 18.9 Å². The van der Waals surface area contributed by atoms with Crippen LogP contribution in [0.4, 0.5) is 0 Å². The molecule has 0 aliphatic heterocycles. The third-order valence-corrected chi connectivity index (χ3v) is 2.11. The molecular formula is C12H12N2O4. The number of carbonyl (C=O) groups is 1. The van der Waals surface area contributed by atoms with Crippen LogP contribution in [0.25, 0.3) is 0 Å². The Morgan fingerprint density at radius 1 is 1.50 bits per heavy atom. The first kappa shape index (κ1) is 13.7. The summed E-state index contributed by atoms with van der Waals surface area (Å²) in [5.74, 6) is -0.700. The average Bonchev–Trinajstić information content (AvgIpc) is 2.43. The maximum absolute atomic E-state index is 11.6. The molecule has 0 heterocycles. The normalized spacial score (nSPS) is 10.6. The summed E-state index contributed by atoms with van der Waals surface area (Å²) in [4.78, 5) is 16.2. The number of hydrogen-bond acceptors (Lipinski definition) is 6. The van der Waals surface area contributed by atoms with Gasteiger partial charge in [-0.05, 0) is 5.56 Å². The molecular weight excluding hydrogens is 236 g/mol. The standard InChI is InChI=1S/C12H12N2O4/c1-17-12(16)11(14-18-7-6-13)10-5-3-2-4-9(10)8-15/h2-5,15H,7-8H2,1H3/b14-11+. The topological polar surface area (TPSA) is 91.9 Å². The van der Waals surface area contributed by atoms with Crippen molar-refractivity contribution in [3.05, 3.63) is 35.4 Å². The Morgan fingerprint density at radius 3 is 2.83 bits per heavy atom. The fourth-order valence-electron chi connectivity index (χ4n) is 1.31. The molecule has 0 radical (unpaired) electrons. The number of ether oxygens (including phenoxy) is 1. The molecule has 0 bridgehead atoms. The molecule has 0 saturated heterocycles. The van der Waals surface area contributed by atoms with Crippen LogP contribution < -0.4 is 0 Å². The zero-order valence-electron chi connectivity index (χ0n) is 9.79. The van der Waals surface area contributed by atoms with Crippen LogP contribution in [0, 0.1) is 11.3 Å². The second-order valence-electron chi connectivity index (χ2n) is 3.18. The molecule has 94 valence electrons. The van der Waals surface area contributed by atoms with Gasteiger partial charge in [0.15, 0.2) is 5.71 Å². The molecule has 0 spiro atoms. The van der Waals surface area contributed by atoms with Crippen LogP contribution in [-0.2, 0) is 21.0 Å². The molecule has 1 aromatic rings. The number of nitrogens with zero attached hydrogens (tertiary/aromatic N) is 2. The zero-order valence-corrected chi connectivity index (χ0v) is 9.79. The van der Waals surface area contributed by atoms with Crippen molar-refractivity contribution in [3.8, 4) is 6.07 Å². The highest BCUT2D eigenvalue weighted by molar-refractivity contribution is 6.43. The molecule has 0 aliphatic carbocycles. The minimum atomic E-state index is -0.700. The molecule has 18 heavy (non-hydrogen) atoms. The molecule has 0 unspecified atom stereocenters. The summed E-state index contributed by atoms with van der Waals surface area (Å²) in [6.07, 6.45) is 0. The molecule has 0 aliphatic rings. The van der Waals surface area contributed by atoms with Gasteiger partial charge in [-0.3, -0.25) is 0 Å². The van der Waals surface area contributed by atoms with Gasteiger partial charge in [0.2, 0.25) is 6.61 Å². The van der Waals surface area contributed by atoms with E-state index >= 15 is 0 Å². The molecule has 0 atom stereocenters. The third-order valence-electron chi connectivity index (χ3n) is 2.11. The highest BCUT2D eigenvalue weighted by atomic mass is 16.6. The smallest absolute Gasteiger partial charge is 0.360 e. The van der Waals surface area contributed by atoms with Crippen LogP contribution in [0.15, 0.2) is 29.4 Å². The summed E-state index contributed by atoms with van der Waals surface area (Å²) in [5, 5.41) is 21.1. The number of oxime groups is 1. The lowest BCUT2D eigenvalue weighted by molar-refractivity contribution is -0.132. The van der Waals surface area contributed by atoms with Gasteiger partial charge in [-0.2, -0.15) is 5.26 Å². The van der Waals surface area contributed by atoms with E-state index in [4.69, 9.17) is 5.26 Å². The van der Waals surface area contributed by atoms with Crippen molar-refractivity contribution in [3.63, 3.8) is 0 Å². The van der Waals surface area contributed by atoms with Crippen LogP contribution in [0.2, 0.25) is 0 Å². The second kappa shape index (κ2) is 7.04. The van der Waals surface area contributed by atoms with Gasteiger partial charge < -0.3 is 14.7 Å². The van der Waals surface area contributed by atoms with E-state index < -0.39 is 5.97 Å². The predicted octanol–water partition coefficient (Wildman–Crippen LogP) is 0.596. The van der Waals surface area contributed by atoms with Gasteiger partial charge in [0, 0.05) is 5.56 Å². The van der Waals surface area contributed by atoms with E-state index in [0.717, 1.165) is 0 Å². The quantitative estimate of drug-likeness (QED) is 0.356. The lowest BCUT2D eigenvalue weighted by Gasteiger charge is -2.08. The Balaban J connectivity index is 3.14. The van der Waals surface area contributed by atoms with Crippen molar-refractivity contribution in [1.29, 1.82) is 5.26 Å². The van der Waals surface area contributed by atoms with E-state index in [2.05, 4.69) is 14.7 Å². The van der Waals surface area contributed by atoms with E-state index in [0.29, 0.717) is 11.1 Å². The molecule has 1 N–H and O–H groups in total. The van der Waals surface area contributed by atoms with Crippen LogP contribution in [0.1, 0.15) is 11.1 Å². The van der Waals surface area contributed by atoms with Gasteiger partial charge in [-0.25, -0.2) is 4.79 Å². The van der Waals surface area contributed by atoms with Gasteiger partial charge in [0.25, 0.3) is 0 Å². The maximum atomic E-state index is 11.6. The average molecular weight is 248 g/mol. The van der Waals surface area contributed by atoms with Crippen molar-refractivity contribution in [2.45, 2.75) is 6.61 Å². The number of nitriles is 1. The minimum Gasteiger partial charge on any atom is -0.464 e. The summed E-state index contributed by atoms with van der Waals surface area (Å²) in [6.45, 7) is -0.522. The summed E-state index contributed by atoms with van der Waals surface area (Å²) >= 11 is 0. The number of hydrogen-bond donors (Lipinski definition) is 1. The monoisotopic (exact) mass is 248 g/mol. The van der Waals surface area contributed by atoms with Crippen LogP contribution in [-0.4, -0.2) is 30.5 Å².